The van der Waals surface area contributed by atoms with Crippen LogP contribution in [0, 0.1) is 17.5 Å². The van der Waals surface area contributed by atoms with E-state index in [9.17, 15) is 13.2 Å². The summed E-state index contributed by atoms with van der Waals surface area (Å²) >= 11 is 0. The topological polar surface area (TPSA) is 26.0 Å². The fraction of sp³-hybridized carbons (Fsp3) is 0.200. The Bertz CT molecular complexity index is 629. The van der Waals surface area contributed by atoms with Gasteiger partial charge >= 0.3 is 0 Å². The number of hydrogen-bond donors (Lipinski definition) is 1. The fourth-order valence-electron chi connectivity index (χ4n) is 2.62. The van der Waals surface area contributed by atoms with Crippen LogP contribution < -0.4 is 5.73 Å². The Hall–Kier alpha value is -1.81. The third kappa shape index (κ3) is 2.02. The maximum atomic E-state index is 13.7. The number of hydrogen-bond acceptors (Lipinski definition) is 1. The molecule has 1 aliphatic rings. The summed E-state index contributed by atoms with van der Waals surface area (Å²) in [5, 5.41) is 0. The quantitative estimate of drug-likeness (QED) is 0.833. The van der Waals surface area contributed by atoms with E-state index in [0.717, 1.165) is 24.0 Å². The monoisotopic (exact) mass is 263 g/mol. The second kappa shape index (κ2) is 4.38. The summed E-state index contributed by atoms with van der Waals surface area (Å²) in [4.78, 5) is 0. The van der Waals surface area contributed by atoms with Gasteiger partial charge in [0.25, 0.3) is 0 Å². The van der Waals surface area contributed by atoms with E-state index >= 15 is 0 Å². The lowest BCUT2D eigenvalue weighted by Gasteiger charge is -2.09. The van der Waals surface area contributed by atoms with Crippen LogP contribution in [0.1, 0.15) is 23.6 Å². The first kappa shape index (κ1) is 12.2. The zero-order chi connectivity index (χ0) is 13.6. The molecule has 2 aromatic carbocycles. The van der Waals surface area contributed by atoms with Crippen LogP contribution in [0.25, 0.3) is 11.1 Å². The van der Waals surface area contributed by atoms with E-state index in [1.807, 2.05) is 0 Å². The molecular weight excluding hydrogens is 251 g/mol. The number of rotatable bonds is 1. The van der Waals surface area contributed by atoms with Crippen LogP contribution in [0.3, 0.4) is 0 Å². The van der Waals surface area contributed by atoms with Crippen molar-refractivity contribution in [3.05, 3.63) is 58.9 Å². The highest BCUT2D eigenvalue weighted by atomic mass is 19.1. The number of benzene rings is 2. The lowest BCUT2D eigenvalue weighted by Crippen LogP contribution is -2.04. The minimum absolute atomic E-state index is 0.00744. The number of halogens is 3. The van der Waals surface area contributed by atoms with E-state index in [-0.39, 0.29) is 11.6 Å². The molecule has 0 saturated heterocycles. The van der Waals surface area contributed by atoms with Gasteiger partial charge in [0.05, 0.1) is 5.56 Å². The summed E-state index contributed by atoms with van der Waals surface area (Å²) in [6.07, 6.45) is 1.64. The van der Waals surface area contributed by atoms with E-state index in [0.29, 0.717) is 17.7 Å². The highest BCUT2D eigenvalue weighted by molar-refractivity contribution is 5.67. The molecule has 98 valence electrons. The molecule has 3 rings (SSSR count). The first-order chi connectivity index (χ1) is 9.06. The van der Waals surface area contributed by atoms with Gasteiger partial charge in [-0.05, 0) is 29.5 Å². The minimum Gasteiger partial charge on any atom is -0.324 e. The Kier molecular flexibility index (Phi) is 2.82. The Morgan fingerprint density at radius 2 is 1.68 bits per heavy atom. The molecule has 2 aromatic rings. The zero-order valence-corrected chi connectivity index (χ0v) is 10.1. The van der Waals surface area contributed by atoms with Gasteiger partial charge in [-0.2, -0.15) is 0 Å². The van der Waals surface area contributed by atoms with Gasteiger partial charge in [0.2, 0.25) is 0 Å². The van der Waals surface area contributed by atoms with Crippen LogP contribution in [0.2, 0.25) is 0 Å². The molecule has 0 radical (unpaired) electrons. The van der Waals surface area contributed by atoms with Crippen LogP contribution in [0.5, 0.6) is 0 Å². The molecule has 0 saturated carbocycles. The van der Waals surface area contributed by atoms with Crippen molar-refractivity contribution in [2.45, 2.75) is 18.9 Å². The van der Waals surface area contributed by atoms with Gasteiger partial charge in [-0.25, -0.2) is 13.2 Å². The molecule has 1 unspecified atom stereocenters. The lowest BCUT2D eigenvalue weighted by atomic mass is 9.99. The largest absolute Gasteiger partial charge is 0.324 e. The molecule has 0 aromatic heterocycles. The van der Waals surface area contributed by atoms with Crippen molar-refractivity contribution < 1.29 is 13.2 Å². The first-order valence-electron chi connectivity index (χ1n) is 6.09. The maximum Gasteiger partial charge on any atom is 0.136 e. The van der Waals surface area contributed by atoms with Crippen molar-refractivity contribution in [2.75, 3.05) is 0 Å². The standard InChI is InChI=1S/C15H12F3N/c16-10-6-12(17)15(13(18)7-10)9-1-3-11-8(5-9)2-4-14(11)19/h1,3,5-7,14H,2,4,19H2. The minimum atomic E-state index is -0.915. The van der Waals surface area contributed by atoms with E-state index in [2.05, 4.69) is 0 Å². The van der Waals surface area contributed by atoms with Gasteiger partial charge in [-0.3, -0.25) is 0 Å². The fourth-order valence-corrected chi connectivity index (χ4v) is 2.62. The van der Waals surface area contributed by atoms with Crippen LogP contribution in [0.4, 0.5) is 13.2 Å². The third-order valence-corrected chi connectivity index (χ3v) is 3.56. The van der Waals surface area contributed by atoms with Crippen molar-refractivity contribution in [1.82, 2.24) is 0 Å². The third-order valence-electron chi connectivity index (χ3n) is 3.56. The van der Waals surface area contributed by atoms with Crippen LogP contribution >= 0.6 is 0 Å². The number of fused-ring (bicyclic) bond motifs is 1. The molecular formula is C15H12F3N. The molecule has 0 bridgehead atoms. The Morgan fingerprint density at radius 1 is 1.00 bits per heavy atom. The highest BCUT2D eigenvalue weighted by Gasteiger charge is 2.21. The normalized spacial score (nSPS) is 17.6. The predicted octanol–water partition coefficient (Wildman–Crippen LogP) is 3.72. The summed E-state index contributed by atoms with van der Waals surface area (Å²) in [7, 11) is 0. The molecule has 0 heterocycles. The summed E-state index contributed by atoms with van der Waals surface area (Å²) < 4.78 is 40.3. The van der Waals surface area contributed by atoms with Crippen molar-refractivity contribution in [1.29, 1.82) is 0 Å². The van der Waals surface area contributed by atoms with E-state index in [4.69, 9.17) is 5.73 Å². The van der Waals surface area contributed by atoms with E-state index < -0.39 is 17.5 Å². The molecule has 1 atom stereocenters. The second-order valence-electron chi connectivity index (χ2n) is 4.80. The smallest absolute Gasteiger partial charge is 0.136 e. The van der Waals surface area contributed by atoms with Crippen molar-refractivity contribution in [3.63, 3.8) is 0 Å². The van der Waals surface area contributed by atoms with Crippen molar-refractivity contribution >= 4 is 0 Å². The SMILES string of the molecule is NC1CCc2cc(-c3c(F)cc(F)cc3F)ccc21. The first-order valence-corrected chi connectivity index (χ1v) is 6.09. The molecule has 0 aliphatic heterocycles. The number of aryl methyl sites for hydroxylation is 1. The van der Waals surface area contributed by atoms with Gasteiger partial charge in [-0.1, -0.05) is 18.2 Å². The summed E-state index contributed by atoms with van der Waals surface area (Å²) in [5.74, 6) is -2.69. The van der Waals surface area contributed by atoms with Gasteiger partial charge < -0.3 is 5.73 Å². The predicted molar refractivity (Wildman–Crippen MR) is 67.0 cm³/mol. The highest BCUT2D eigenvalue weighted by Crippen LogP contribution is 2.34. The average molecular weight is 263 g/mol. The van der Waals surface area contributed by atoms with Gasteiger partial charge in [-0.15, -0.1) is 0 Å². The average Bonchev–Trinajstić information content (AvgIpc) is 2.69. The summed E-state index contributed by atoms with van der Waals surface area (Å²) in [6, 6.07) is 6.54. The molecule has 2 N–H and O–H groups in total. The van der Waals surface area contributed by atoms with Gasteiger partial charge in [0.15, 0.2) is 0 Å². The molecule has 0 amide bonds. The second-order valence-corrected chi connectivity index (χ2v) is 4.80. The Balaban J connectivity index is 2.14. The zero-order valence-electron chi connectivity index (χ0n) is 10.1. The van der Waals surface area contributed by atoms with Crippen LogP contribution in [0.15, 0.2) is 30.3 Å². The maximum absolute atomic E-state index is 13.7. The molecule has 0 spiro atoms. The van der Waals surface area contributed by atoms with E-state index in [1.165, 1.54) is 0 Å². The lowest BCUT2D eigenvalue weighted by molar-refractivity contribution is 0.548. The molecule has 1 aliphatic carbocycles. The molecule has 19 heavy (non-hydrogen) atoms. The summed E-state index contributed by atoms with van der Waals surface area (Å²) in [6.45, 7) is 0. The molecule has 4 heteroatoms. The van der Waals surface area contributed by atoms with Crippen LogP contribution in [-0.4, -0.2) is 0 Å². The van der Waals surface area contributed by atoms with Crippen LogP contribution in [-0.2, 0) is 6.42 Å². The van der Waals surface area contributed by atoms with Crippen molar-refractivity contribution in [2.24, 2.45) is 5.73 Å². The van der Waals surface area contributed by atoms with Gasteiger partial charge in [0.1, 0.15) is 17.5 Å². The van der Waals surface area contributed by atoms with Gasteiger partial charge in [0, 0.05) is 18.2 Å². The Morgan fingerprint density at radius 3 is 2.37 bits per heavy atom. The number of nitrogens with two attached hydrogens (primary N) is 1. The Labute approximate surface area is 108 Å². The molecule has 0 fully saturated rings. The molecule has 1 nitrogen and oxygen atoms in total. The van der Waals surface area contributed by atoms with E-state index in [1.54, 1.807) is 18.2 Å². The summed E-state index contributed by atoms with van der Waals surface area (Å²) in [5.41, 5.74) is 8.17. The van der Waals surface area contributed by atoms with Crippen molar-refractivity contribution in [3.8, 4) is 11.1 Å².